The van der Waals surface area contributed by atoms with Crippen LogP contribution in [0.2, 0.25) is 0 Å². The SMILES string of the molecule is CCCN(CCC(OCC)OCC)C1CCC(N)CC1. The smallest absolute Gasteiger partial charge is 0.158 e. The molecule has 0 spiro atoms. The molecule has 0 aromatic rings. The van der Waals surface area contributed by atoms with Gasteiger partial charge in [0.1, 0.15) is 0 Å². The molecule has 4 heteroatoms. The lowest BCUT2D eigenvalue weighted by molar-refractivity contribution is -0.142. The zero-order valence-corrected chi connectivity index (χ0v) is 13.6. The highest BCUT2D eigenvalue weighted by Gasteiger charge is 2.24. The Morgan fingerprint density at radius 2 is 1.60 bits per heavy atom. The third-order valence-corrected chi connectivity index (χ3v) is 4.13. The summed E-state index contributed by atoms with van der Waals surface area (Å²) >= 11 is 0. The van der Waals surface area contributed by atoms with Crippen molar-refractivity contribution in [3.8, 4) is 0 Å². The van der Waals surface area contributed by atoms with E-state index >= 15 is 0 Å². The van der Waals surface area contributed by atoms with Crippen LogP contribution < -0.4 is 5.73 Å². The van der Waals surface area contributed by atoms with Gasteiger partial charge >= 0.3 is 0 Å². The fraction of sp³-hybridized carbons (Fsp3) is 1.00. The normalized spacial score (nSPS) is 23.7. The number of ether oxygens (including phenoxy) is 2. The number of nitrogens with two attached hydrogens (primary N) is 1. The lowest BCUT2D eigenvalue weighted by Crippen LogP contribution is -2.42. The van der Waals surface area contributed by atoms with E-state index in [2.05, 4.69) is 11.8 Å². The maximum absolute atomic E-state index is 6.01. The summed E-state index contributed by atoms with van der Waals surface area (Å²) in [5.41, 5.74) is 6.01. The van der Waals surface area contributed by atoms with Crippen LogP contribution in [0.4, 0.5) is 0 Å². The largest absolute Gasteiger partial charge is 0.353 e. The Bertz CT molecular complexity index is 225. The summed E-state index contributed by atoms with van der Waals surface area (Å²) in [5, 5.41) is 0. The van der Waals surface area contributed by atoms with E-state index in [0.717, 1.165) is 26.2 Å². The number of hydrogen-bond donors (Lipinski definition) is 1. The molecule has 1 aliphatic carbocycles. The molecule has 0 atom stereocenters. The first-order chi connectivity index (χ1) is 9.71. The molecule has 0 saturated heterocycles. The second-order valence-electron chi connectivity index (χ2n) is 5.73. The van der Waals surface area contributed by atoms with Gasteiger partial charge < -0.3 is 20.1 Å². The van der Waals surface area contributed by atoms with Gasteiger partial charge in [-0.05, 0) is 52.5 Å². The van der Waals surface area contributed by atoms with Crippen LogP contribution in [0.15, 0.2) is 0 Å². The lowest BCUT2D eigenvalue weighted by Gasteiger charge is -2.36. The van der Waals surface area contributed by atoms with Crippen molar-refractivity contribution in [3.63, 3.8) is 0 Å². The molecule has 0 aromatic heterocycles. The van der Waals surface area contributed by atoms with Crippen molar-refractivity contribution in [1.82, 2.24) is 4.90 Å². The van der Waals surface area contributed by atoms with E-state index in [-0.39, 0.29) is 6.29 Å². The maximum atomic E-state index is 6.01. The van der Waals surface area contributed by atoms with E-state index in [1.165, 1.54) is 38.6 Å². The van der Waals surface area contributed by atoms with Gasteiger partial charge in [-0.1, -0.05) is 6.92 Å². The molecule has 0 amide bonds. The van der Waals surface area contributed by atoms with Crippen LogP contribution in [0.25, 0.3) is 0 Å². The third-order valence-electron chi connectivity index (χ3n) is 4.13. The number of nitrogens with zero attached hydrogens (tertiary/aromatic N) is 1. The fourth-order valence-electron chi connectivity index (χ4n) is 3.09. The van der Waals surface area contributed by atoms with Crippen LogP contribution in [0.1, 0.15) is 59.3 Å². The first kappa shape index (κ1) is 17.9. The van der Waals surface area contributed by atoms with Gasteiger partial charge in [0.2, 0.25) is 0 Å². The summed E-state index contributed by atoms with van der Waals surface area (Å²) in [7, 11) is 0. The van der Waals surface area contributed by atoms with E-state index in [4.69, 9.17) is 15.2 Å². The Morgan fingerprint density at radius 1 is 1.00 bits per heavy atom. The van der Waals surface area contributed by atoms with Gasteiger partial charge in [-0.3, -0.25) is 0 Å². The van der Waals surface area contributed by atoms with Gasteiger partial charge in [-0.2, -0.15) is 0 Å². The molecule has 1 fully saturated rings. The van der Waals surface area contributed by atoms with E-state index in [0.29, 0.717) is 12.1 Å². The molecule has 1 saturated carbocycles. The maximum Gasteiger partial charge on any atom is 0.158 e. The van der Waals surface area contributed by atoms with Crippen LogP contribution in [-0.2, 0) is 9.47 Å². The van der Waals surface area contributed by atoms with Gasteiger partial charge in [-0.15, -0.1) is 0 Å². The summed E-state index contributed by atoms with van der Waals surface area (Å²) < 4.78 is 11.3. The zero-order valence-electron chi connectivity index (χ0n) is 13.6. The second-order valence-corrected chi connectivity index (χ2v) is 5.73. The Morgan fingerprint density at radius 3 is 2.10 bits per heavy atom. The van der Waals surface area contributed by atoms with Crippen molar-refractivity contribution in [2.24, 2.45) is 5.73 Å². The van der Waals surface area contributed by atoms with Crippen LogP contribution >= 0.6 is 0 Å². The third kappa shape index (κ3) is 6.53. The molecule has 4 nitrogen and oxygen atoms in total. The summed E-state index contributed by atoms with van der Waals surface area (Å²) in [6, 6.07) is 1.13. The van der Waals surface area contributed by atoms with Crippen molar-refractivity contribution < 1.29 is 9.47 Å². The van der Waals surface area contributed by atoms with Crippen molar-refractivity contribution in [2.45, 2.75) is 77.7 Å². The second kappa shape index (κ2) is 10.6. The average molecular weight is 286 g/mol. The van der Waals surface area contributed by atoms with Gasteiger partial charge in [0.25, 0.3) is 0 Å². The molecule has 0 aliphatic heterocycles. The first-order valence-electron chi connectivity index (χ1n) is 8.44. The predicted octanol–water partition coefficient (Wildman–Crippen LogP) is 2.76. The summed E-state index contributed by atoms with van der Waals surface area (Å²) in [5.74, 6) is 0. The highest BCUT2D eigenvalue weighted by molar-refractivity contribution is 4.81. The Balaban J connectivity index is 2.40. The number of rotatable bonds is 10. The fourth-order valence-corrected chi connectivity index (χ4v) is 3.09. The average Bonchev–Trinajstić information content (AvgIpc) is 2.45. The van der Waals surface area contributed by atoms with Gasteiger partial charge in [0.15, 0.2) is 6.29 Å². The molecular weight excluding hydrogens is 252 g/mol. The van der Waals surface area contributed by atoms with Crippen LogP contribution in [0.5, 0.6) is 0 Å². The molecular formula is C16H34N2O2. The molecule has 20 heavy (non-hydrogen) atoms. The van der Waals surface area contributed by atoms with Gasteiger partial charge in [0.05, 0.1) is 0 Å². The van der Waals surface area contributed by atoms with E-state index in [1.807, 2.05) is 13.8 Å². The summed E-state index contributed by atoms with van der Waals surface area (Å²) in [4.78, 5) is 2.62. The van der Waals surface area contributed by atoms with Gasteiger partial charge in [-0.25, -0.2) is 0 Å². The van der Waals surface area contributed by atoms with Crippen molar-refractivity contribution in [2.75, 3.05) is 26.3 Å². The lowest BCUT2D eigenvalue weighted by atomic mass is 9.90. The Labute approximate surface area is 125 Å². The van der Waals surface area contributed by atoms with E-state index in [1.54, 1.807) is 0 Å². The Hall–Kier alpha value is -0.160. The van der Waals surface area contributed by atoms with E-state index < -0.39 is 0 Å². The zero-order chi connectivity index (χ0) is 14.8. The summed E-state index contributed by atoms with van der Waals surface area (Å²) in [6.45, 7) is 9.98. The standard InChI is InChI=1S/C16H34N2O2/c1-4-12-18(15-9-7-14(17)8-10-15)13-11-16(19-5-2)20-6-3/h14-16H,4-13,17H2,1-3H3. The van der Waals surface area contributed by atoms with Crippen LogP contribution in [-0.4, -0.2) is 49.6 Å². The molecule has 2 N–H and O–H groups in total. The van der Waals surface area contributed by atoms with Crippen molar-refractivity contribution in [3.05, 3.63) is 0 Å². The summed E-state index contributed by atoms with van der Waals surface area (Å²) in [6.07, 6.45) is 6.96. The monoisotopic (exact) mass is 286 g/mol. The van der Waals surface area contributed by atoms with Crippen molar-refractivity contribution in [1.29, 1.82) is 0 Å². The minimum Gasteiger partial charge on any atom is -0.353 e. The molecule has 0 bridgehead atoms. The van der Waals surface area contributed by atoms with Gasteiger partial charge in [0, 0.05) is 38.3 Å². The van der Waals surface area contributed by atoms with Crippen LogP contribution in [0.3, 0.4) is 0 Å². The van der Waals surface area contributed by atoms with E-state index in [9.17, 15) is 0 Å². The Kier molecular flexibility index (Phi) is 9.44. The van der Waals surface area contributed by atoms with Crippen LogP contribution in [0, 0.1) is 0 Å². The quantitative estimate of drug-likeness (QED) is 0.627. The minimum absolute atomic E-state index is 0.0461. The highest BCUT2D eigenvalue weighted by Crippen LogP contribution is 2.23. The molecule has 120 valence electrons. The topological polar surface area (TPSA) is 47.7 Å². The molecule has 0 radical (unpaired) electrons. The highest BCUT2D eigenvalue weighted by atomic mass is 16.7. The van der Waals surface area contributed by atoms with Crippen molar-refractivity contribution >= 4 is 0 Å². The number of hydrogen-bond acceptors (Lipinski definition) is 4. The predicted molar refractivity (Wildman–Crippen MR) is 83.8 cm³/mol. The molecule has 1 aliphatic rings. The molecule has 0 aromatic carbocycles. The molecule has 0 unspecified atom stereocenters. The minimum atomic E-state index is -0.0461. The first-order valence-corrected chi connectivity index (χ1v) is 8.44. The molecule has 1 rings (SSSR count). The molecule has 0 heterocycles.